The van der Waals surface area contributed by atoms with Crippen molar-refractivity contribution in [1.82, 2.24) is 0 Å². The van der Waals surface area contributed by atoms with E-state index in [1.165, 1.54) is 12.1 Å². The first-order chi connectivity index (χ1) is 7.04. The van der Waals surface area contributed by atoms with Crippen LogP contribution in [-0.4, -0.2) is 26.8 Å². The number of anilines is 2. The summed E-state index contributed by atoms with van der Waals surface area (Å²) in [4.78, 5) is 1.93. The fraction of sp³-hybridized carbons (Fsp3) is 0.455. The lowest BCUT2D eigenvalue weighted by molar-refractivity contribution is 0.183. The van der Waals surface area contributed by atoms with Crippen LogP contribution >= 0.6 is 0 Å². The van der Waals surface area contributed by atoms with Crippen LogP contribution in [0.4, 0.5) is 15.8 Å². The topological polar surface area (TPSA) is 38.5 Å². The Hall–Kier alpha value is -1.29. The van der Waals surface area contributed by atoms with Gasteiger partial charge in [0.1, 0.15) is 5.82 Å². The molecule has 15 heavy (non-hydrogen) atoms. The van der Waals surface area contributed by atoms with E-state index in [4.69, 9.17) is 10.5 Å². The van der Waals surface area contributed by atoms with Crippen molar-refractivity contribution >= 4 is 11.4 Å². The average Bonchev–Trinajstić information content (AvgIpc) is 2.15. The first-order valence-corrected chi connectivity index (χ1v) is 4.82. The highest BCUT2D eigenvalue weighted by atomic mass is 19.1. The number of likely N-dealkylation sites (N-methyl/N-ethyl adjacent to an activating group) is 1. The standard InChI is InChI=1S/C11H17FN2O/c1-8(7-15-3)14(2)11-5-9(12)4-10(13)6-11/h4-6,8H,7,13H2,1-3H3. The lowest BCUT2D eigenvalue weighted by Crippen LogP contribution is -2.32. The van der Waals surface area contributed by atoms with Gasteiger partial charge in [-0.05, 0) is 25.1 Å². The molecule has 4 heteroatoms. The van der Waals surface area contributed by atoms with E-state index >= 15 is 0 Å². The van der Waals surface area contributed by atoms with Gasteiger partial charge in [0, 0.05) is 31.6 Å². The molecule has 0 bridgehead atoms. The third kappa shape index (κ3) is 3.09. The maximum Gasteiger partial charge on any atom is 0.127 e. The second kappa shape index (κ2) is 4.98. The molecule has 0 fully saturated rings. The molecule has 0 heterocycles. The Morgan fingerprint density at radius 1 is 1.47 bits per heavy atom. The maximum absolute atomic E-state index is 13.1. The molecule has 0 spiro atoms. The zero-order chi connectivity index (χ0) is 11.4. The van der Waals surface area contributed by atoms with Crippen LogP contribution in [-0.2, 0) is 4.74 Å². The van der Waals surface area contributed by atoms with Gasteiger partial charge in [0.25, 0.3) is 0 Å². The van der Waals surface area contributed by atoms with Crippen LogP contribution in [0.2, 0.25) is 0 Å². The first kappa shape index (κ1) is 11.8. The molecule has 1 atom stereocenters. The number of rotatable bonds is 4. The Morgan fingerprint density at radius 2 is 2.13 bits per heavy atom. The summed E-state index contributed by atoms with van der Waals surface area (Å²) < 4.78 is 18.1. The smallest absolute Gasteiger partial charge is 0.127 e. The van der Waals surface area contributed by atoms with E-state index in [9.17, 15) is 4.39 Å². The summed E-state index contributed by atoms with van der Waals surface area (Å²) in [5.41, 5.74) is 6.77. The number of nitrogens with two attached hydrogens (primary N) is 1. The minimum absolute atomic E-state index is 0.177. The van der Waals surface area contributed by atoms with Crippen molar-refractivity contribution in [3.05, 3.63) is 24.0 Å². The maximum atomic E-state index is 13.1. The van der Waals surface area contributed by atoms with Crippen molar-refractivity contribution in [2.45, 2.75) is 13.0 Å². The quantitative estimate of drug-likeness (QED) is 0.774. The molecule has 0 saturated carbocycles. The second-order valence-electron chi connectivity index (χ2n) is 3.66. The van der Waals surface area contributed by atoms with E-state index < -0.39 is 0 Å². The fourth-order valence-corrected chi connectivity index (χ4v) is 1.41. The van der Waals surface area contributed by atoms with Crippen LogP contribution < -0.4 is 10.6 Å². The van der Waals surface area contributed by atoms with Gasteiger partial charge in [0.2, 0.25) is 0 Å². The summed E-state index contributed by atoms with van der Waals surface area (Å²) >= 11 is 0. The molecule has 0 aliphatic carbocycles. The van der Waals surface area contributed by atoms with Crippen molar-refractivity contribution in [2.24, 2.45) is 0 Å². The normalized spacial score (nSPS) is 12.5. The lowest BCUT2D eigenvalue weighted by Gasteiger charge is -2.26. The second-order valence-corrected chi connectivity index (χ2v) is 3.66. The molecule has 1 rings (SSSR count). The zero-order valence-corrected chi connectivity index (χ0v) is 9.33. The predicted octanol–water partition coefficient (Wildman–Crippen LogP) is 1.88. The lowest BCUT2D eigenvalue weighted by atomic mass is 10.2. The molecule has 0 aromatic heterocycles. The third-order valence-corrected chi connectivity index (χ3v) is 2.38. The van der Waals surface area contributed by atoms with Gasteiger partial charge in [-0.15, -0.1) is 0 Å². The van der Waals surface area contributed by atoms with Crippen molar-refractivity contribution in [3.63, 3.8) is 0 Å². The average molecular weight is 212 g/mol. The van der Waals surface area contributed by atoms with Crippen molar-refractivity contribution < 1.29 is 9.13 Å². The molecule has 0 aliphatic heterocycles. The number of halogens is 1. The fourth-order valence-electron chi connectivity index (χ4n) is 1.41. The van der Waals surface area contributed by atoms with Crippen molar-refractivity contribution in [3.8, 4) is 0 Å². The molecule has 3 nitrogen and oxygen atoms in total. The predicted molar refractivity (Wildman–Crippen MR) is 60.6 cm³/mol. The van der Waals surface area contributed by atoms with Gasteiger partial charge in [-0.3, -0.25) is 0 Å². The van der Waals surface area contributed by atoms with Gasteiger partial charge in [-0.1, -0.05) is 0 Å². The van der Waals surface area contributed by atoms with Crippen LogP contribution in [0.15, 0.2) is 18.2 Å². The minimum atomic E-state index is -0.318. The van der Waals surface area contributed by atoms with Gasteiger partial charge in [-0.2, -0.15) is 0 Å². The highest BCUT2D eigenvalue weighted by molar-refractivity contribution is 5.56. The summed E-state index contributed by atoms with van der Waals surface area (Å²) in [5, 5.41) is 0. The number of methoxy groups -OCH3 is 1. The number of hydrogen-bond donors (Lipinski definition) is 1. The van der Waals surface area contributed by atoms with Gasteiger partial charge in [0.05, 0.1) is 6.61 Å². The Bertz CT molecular complexity index is 310. The van der Waals surface area contributed by atoms with E-state index in [0.29, 0.717) is 12.3 Å². The van der Waals surface area contributed by atoms with Gasteiger partial charge in [0.15, 0.2) is 0 Å². The summed E-state index contributed by atoms with van der Waals surface area (Å²) in [7, 11) is 3.53. The summed E-state index contributed by atoms with van der Waals surface area (Å²) in [6, 6.07) is 4.69. The highest BCUT2D eigenvalue weighted by Crippen LogP contribution is 2.20. The van der Waals surface area contributed by atoms with Crippen LogP contribution in [0.3, 0.4) is 0 Å². The molecule has 0 radical (unpaired) electrons. The SMILES string of the molecule is COCC(C)N(C)c1cc(N)cc(F)c1. The van der Waals surface area contributed by atoms with E-state index in [-0.39, 0.29) is 11.9 Å². The number of benzene rings is 1. The van der Waals surface area contributed by atoms with Crippen LogP contribution in [0.25, 0.3) is 0 Å². The molecule has 84 valence electrons. The molecule has 0 aliphatic rings. The molecule has 1 aromatic rings. The molecule has 1 aromatic carbocycles. The van der Waals surface area contributed by atoms with E-state index in [2.05, 4.69) is 0 Å². The molecule has 2 N–H and O–H groups in total. The Balaban J connectivity index is 2.85. The summed E-state index contributed by atoms with van der Waals surface area (Å²) in [6.07, 6.45) is 0. The van der Waals surface area contributed by atoms with E-state index in [0.717, 1.165) is 5.69 Å². The Labute approximate surface area is 89.6 Å². The molecule has 0 amide bonds. The molecule has 0 saturated heterocycles. The number of nitrogen functional groups attached to an aromatic ring is 1. The summed E-state index contributed by atoms with van der Waals surface area (Å²) in [6.45, 7) is 2.59. The van der Waals surface area contributed by atoms with E-state index in [1.54, 1.807) is 13.2 Å². The van der Waals surface area contributed by atoms with Crippen LogP contribution in [0.1, 0.15) is 6.92 Å². The highest BCUT2D eigenvalue weighted by Gasteiger charge is 2.10. The van der Waals surface area contributed by atoms with Crippen LogP contribution in [0.5, 0.6) is 0 Å². The van der Waals surface area contributed by atoms with Gasteiger partial charge in [-0.25, -0.2) is 4.39 Å². The molecule has 1 unspecified atom stereocenters. The molecular formula is C11H17FN2O. The number of nitrogens with zero attached hydrogens (tertiary/aromatic N) is 1. The zero-order valence-electron chi connectivity index (χ0n) is 9.33. The third-order valence-electron chi connectivity index (χ3n) is 2.38. The Morgan fingerprint density at radius 3 is 2.67 bits per heavy atom. The minimum Gasteiger partial charge on any atom is -0.399 e. The monoisotopic (exact) mass is 212 g/mol. The first-order valence-electron chi connectivity index (χ1n) is 4.82. The van der Waals surface area contributed by atoms with E-state index in [1.807, 2.05) is 18.9 Å². The van der Waals surface area contributed by atoms with Crippen LogP contribution in [0, 0.1) is 5.82 Å². The Kier molecular flexibility index (Phi) is 3.91. The number of ether oxygens (including phenoxy) is 1. The van der Waals surface area contributed by atoms with Gasteiger partial charge >= 0.3 is 0 Å². The number of hydrogen-bond acceptors (Lipinski definition) is 3. The van der Waals surface area contributed by atoms with Crippen molar-refractivity contribution in [1.29, 1.82) is 0 Å². The largest absolute Gasteiger partial charge is 0.399 e. The van der Waals surface area contributed by atoms with Crippen molar-refractivity contribution in [2.75, 3.05) is 31.4 Å². The van der Waals surface area contributed by atoms with Gasteiger partial charge < -0.3 is 15.4 Å². The molecular weight excluding hydrogens is 195 g/mol. The summed E-state index contributed by atoms with van der Waals surface area (Å²) in [5.74, 6) is -0.318.